The molecule has 3 rings (SSSR count). The highest BCUT2D eigenvalue weighted by molar-refractivity contribution is 5.91. The lowest BCUT2D eigenvalue weighted by molar-refractivity contribution is -0.153. The van der Waals surface area contributed by atoms with Crippen molar-refractivity contribution < 1.29 is 19.5 Å². The van der Waals surface area contributed by atoms with Crippen molar-refractivity contribution in [2.45, 2.75) is 76.3 Å². The van der Waals surface area contributed by atoms with E-state index < -0.39 is 18.1 Å². The van der Waals surface area contributed by atoms with E-state index in [0.717, 1.165) is 31.2 Å². The minimum absolute atomic E-state index is 0.102. The zero-order chi connectivity index (χ0) is 20.6. The third-order valence-electron chi connectivity index (χ3n) is 6.19. The number of hydrogen-bond acceptors (Lipinski definition) is 3. The van der Waals surface area contributed by atoms with Gasteiger partial charge in [-0.15, -0.1) is 0 Å². The second-order valence-corrected chi connectivity index (χ2v) is 8.40. The number of carbonyl (C=O) groups excluding carboxylic acids is 2. The highest BCUT2D eigenvalue weighted by atomic mass is 16.4. The molecule has 0 spiro atoms. The monoisotopic (exact) mass is 400 g/mol. The van der Waals surface area contributed by atoms with Crippen LogP contribution in [-0.2, 0) is 20.8 Å². The maximum atomic E-state index is 13.3. The number of hydrogen-bond donors (Lipinski definition) is 2. The largest absolute Gasteiger partial charge is 0.480 e. The topological polar surface area (TPSA) is 86.7 Å². The number of likely N-dealkylation sites (tertiary alicyclic amines) is 1. The van der Waals surface area contributed by atoms with E-state index in [9.17, 15) is 19.5 Å². The molecule has 1 aromatic rings. The maximum Gasteiger partial charge on any atom is 0.326 e. The zero-order valence-electron chi connectivity index (χ0n) is 17.0. The third-order valence-corrected chi connectivity index (χ3v) is 6.19. The highest BCUT2D eigenvalue weighted by Crippen LogP contribution is 2.26. The molecular formula is C23H32N2O4. The molecule has 1 unspecified atom stereocenters. The Morgan fingerprint density at radius 1 is 1.00 bits per heavy atom. The smallest absolute Gasteiger partial charge is 0.326 e. The van der Waals surface area contributed by atoms with Crippen LogP contribution in [0.25, 0.3) is 0 Å². The second-order valence-electron chi connectivity index (χ2n) is 8.40. The lowest BCUT2D eigenvalue weighted by Crippen LogP contribution is -2.56. The van der Waals surface area contributed by atoms with Crippen molar-refractivity contribution in [3.63, 3.8) is 0 Å². The number of benzene rings is 1. The molecule has 1 aromatic carbocycles. The van der Waals surface area contributed by atoms with Gasteiger partial charge in [-0.25, -0.2) is 4.79 Å². The molecule has 2 aliphatic rings. The molecule has 2 atom stereocenters. The molecule has 1 aliphatic carbocycles. The van der Waals surface area contributed by atoms with Crippen LogP contribution < -0.4 is 5.32 Å². The summed E-state index contributed by atoms with van der Waals surface area (Å²) in [4.78, 5) is 39.1. The summed E-state index contributed by atoms with van der Waals surface area (Å²) in [5.74, 6) is -0.962. The summed E-state index contributed by atoms with van der Waals surface area (Å²) in [6, 6.07) is 8.05. The summed E-state index contributed by atoms with van der Waals surface area (Å²) in [6.45, 7) is 0.430. The summed E-state index contributed by atoms with van der Waals surface area (Å²) < 4.78 is 0. The predicted octanol–water partition coefficient (Wildman–Crippen LogP) is 3.15. The third kappa shape index (κ3) is 6.05. The first-order valence-corrected chi connectivity index (χ1v) is 10.9. The zero-order valence-corrected chi connectivity index (χ0v) is 17.0. The Morgan fingerprint density at radius 2 is 1.69 bits per heavy atom. The van der Waals surface area contributed by atoms with E-state index in [-0.39, 0.29) is 11.8 Å². The van der Waals surface area contributed by atoms with E-state index in [4.69, 9.17) is 0 Å². The van der Waals surface area contributed by atoms with Crippen molar-refractivity contribution in [3.8, 4) is 0 Å². The van der Waals surface area contributed by atoms with Crippen molar-refractivity contribution >= 4 is 17.8 Å². The standard InChI is InChI=1S/C23H32N2O4/c26-21(16-18-11-5-2-6-12-18)24-19(15-17-9-3-1-4-10-17)22(27)25-14-8-7-13-20(25)23(28)29/h1,3-4,9-10,18-20H,2,5-8,11-16H2,(H,24,26)(H,28,29)/t19-,20?/m0/s1. The van der Waals surface area contributed by atoms with E-state index in [1.807, 2.05) is 30.3 Å². The van der Waals surface area contributed by atoms with Gasteiger partial charge in [-0.05, 0) is 43.6 Å². The van der Waals surface area contributed by atoms with Crippen LogP contribution in [-0.4, -0.2) is 46.4 Å². The van der Waals surface area contributed by atoms with Crippen LogP contribution in [0.15, 0.2) is 30.3 Å². The lowest BCUT2D eigenvalue weighted by atomic mass is 9.86. The summed E-state index contributed by atoms with van der Waals surface area (Å²) >= 11 is 0. The Balaban J connectivity index is 1.71. The number of nitrogens with one attached hydrogen (secondary N) is 1. The van der Waals surface area contributed by atoms with Crippen molar-refractivity contribution in [2.75, 3.05) is 6.54 Å². The van der Waals surface area contributed by atoms with Gasteiger partial charge in [0.15, 0.2) is 0 Å². The molecule has 1 aliphatic heterocycles. The lowest BCUT2D eigenvalue weighted by Gasteiger charge is -2.35. The number of piperidine rings is 1. The molecule has 2 fully saturated rings. The number of carboxylic acids is 1. The number of amides is 2. The van der Waals surface area contributed by atoms with Crippen molar-refractivity contribution in [1.82, 2.24) is 10.2 Å². The molecule has 158 valence electrons. The molecule has 29 heavy (non-hydrogen) atoms. The van der Waals surface area contributed by atoms with Crippen LogP contribution >= 0.6 is 0 Å². The predicted molar refractivity (Wildman–Crippen MR) is 110 cm³/mol. The van der Waals surface area contributed by atoms with Gasteiger partial charge in [0.1, 0.15) is 12.1 Å². The van der Waals surface area contributed by atoms with Crippen LogP contribution in [0, 0.1) is 5.92 Å². The van der Waals surface area contributed by atoms with E-state index >= 15 is 0 Å². The minimum Gasteiger partial charge on any atom is -0.480 e. The van der Waals surface area contributed by atoms with E-state index in [1.54, 1.807) is 0 Å². The van der Waals surface area contributed by atoms with Gasteiger partial charge in [-0.1, -0.05) is 49.6 Å². The Kier molecular flexibility index (Phi) is 7.67. The molecule has 2 N–H and O–H groups in total. The average molecular weight is 401 g/mol. The first-order valence-electron chi connectivity index (χ1n) is 10.9. The summed E-state index contributed by atoms with van der Waals surface area (Å²) in [5, 5.41) is 12.5. The van der Waals surface area contributed by atoms with Crippen LogP contribution in [0.3, 0.4) is 0 Å². The van der Waals surface area contributed by atoms with E-state index in [0.29, 0.717) is 31.7 Å². The molecular weight excluding hydrogens is 368 g/mol. The summed E-state index contributed by atoms with van der Waals surface area (Å²) in [6.07, 6.45) is 8.59. The summed E-state index contributed by atoms with van der Waals surface area (Å²) in [7, 11) is 0. The second kappa shape index (κ2) is 10.4. The Labute approximate surface area is 172 Å². The normalized spacial score (nSPS) is 21.4. The number of aliphatic carboxylic acids is 1. The molecule has 0 aromatic heterocycles. The Hall–Kier alpha value is -2.37. The minimum atomic E-state index is -0.968. The van der Waals surface area contributed by atoms with Crippen LogP contribution in [0.5, 0.6) is 0 Å². The maximum absolute atomic E-state index is 13.3. The molecule has 0 radical (unpaired) electrons. The van der Waals surface area contributed by atoms with Gasteiger partial charge in [-0.3, -0.25) is 9.59 Å². The fourth-order valence-electron chi connectivity index (χ4n) is 4.61. The van der Waals surface area contributed by atoms with Gasteiger partial charge in [0.05, 0.1) is 0 Å². The molecule has 6 nitrogen and oxygen atoms in total. The summed E-state index contributed by atoms with van der Waals surface area (Å²) in [5.41, 5.74) is 0.952. The number of carboxylic acid groups (broad SMARTS) is 1. The highest BCUT2D eigenvalue weighted by Gasteiger charge is 2.36. The van der Waals surface area contributed by atoms with Crippen molar-refractivity contribution in [1.29, 1.82) is 0 Å². The van der Waals surface area contributed by atoms with Gasteiger partial charge >= 0.3 is 5.97 Å². The first-order chi connectivity index (χ1) is 14.0. The van der Waals surface area contributed by atoms with Crippen molar-refractivity contribution in [2.24, 2.45) is 5.92 Å². The van der Waals surface area contributed by atoms with E-state index in [2.05, 4.69) is 5.32 Å². The first kappa shape index (κ1) is 21.3. The molecule has 1 saturated heterocycles. The number of nitrogens with zero attached hydrogens (tertiary/aromatic N) is 1. The van der Waals surface area contributed by atoms with Crippen LogP contribution in [0.4, 0.5) is 0 Å². The molecule has 1 heterocycles. The SMILES string of the molecule is O=C(CC1CCCCC1)N[C@@H](Cc1ccccc1)C(=O)N1CCCCC1C(=O)O. The van der Waals surface area contributed by atoms with Crippen LogP contribution in [0.1, 0.15) is 63.4 Å². The van der Waals surface area contributed by atoms with Crippen LogP contribution in [0.2, 0.25) is 0 Å². The fourth-order valence-corrected chi connectivity index (χ4v) is 4.61. The van der Waals surface area contributed by atoms with Gasteiger partial charge in [0.2, 0.25) is 11.8 Å². The average Bonchev–Trinajstić information content (AvgIpc) is 2.74. The molecule has 0 bridgehead atoms. The molecule has 1 saturated carbocycles. The van der Waals surface area contributed by atoms with Gasteiger partial charge < -0.3 is 15.3 Å². The number of carbonyl (C=O) groups is 3. The Morgan fingerprint density at radius 3 is 2.38 bits per heavy atom. The molecule has 2 amide bonds. The quantitative estimate of drug-likeness (QED) is 0.736. The van der Waals surface area contributed by atoms with E-state index in [1.165, 1.54) is 24.2 Å². The Bertz CT molecular complexity index is 700. The molecule has 6 heteroatoms. The van der Waals surface area contributed by atoms with Gasteiger partial charge in [0.25, 0.3) is 0 Å². The van der Waals surface area contributed by atoms with Crippen molar-refractivity contribution in [3.05, 3.63) is 35.9 Å². The van der Waals surface area contributed by atoms with Gasteiger partial charge in [-0.2, -0.15) is 0 Å². The fraction of sp³-hybridized carbons (Fsp3) is 0.609. The van der Waals surface area contributed by atoms with Gasteiger partial charge in [0, 0.05) is 19.4 Å². The number of rotatable bonds is 7.